The van der Waals surface area contributed by atoms with E-state index in [2.05, 4.69) is 213 Å². The second kappa shape index (κ2) is 16.9. The fourth-order valence-electron chi connectivity index (χ4n) is 8.84. The summed E-state index contributed by atoms with van der Waals surface area (Å²) < 4.78 is 0. The molecule has 0 amide bonds. The van der Waals surface area contributed by atoms with Gasteiger partial charge in [0.25, 0.3) is 0 Å². The maximum absolute atomic E-state index is 2.33. The molecule has 0 spiro atoms. The number of benzene rings is 9. The lowest BCUT2D eigenvalue weighted by atomic mass is 9.84. The van der Waals surface area contributed by atoms with Crippen LogP contribution in [-0.2, 0) is 19.3 Å². The lowest BCUT2D eigenvalue weighted by molar-refractivity contribution is 0.937. The minimum absolute atomic E-state index is 1.11. The third-order valence-electron chi connectivity index (χ3n) is 11.9. The molecular formula is C59H56. The van der Waals surface area contributed by atoms with Crippen molar-refractivity contribution in [1.29, 1.82) is 0 Å². The van der Waals surface area contributed by atoms with Crippen LogP contribution >= 0.6 is 0 Å². The third kappa shape index (κ3) is 9.09. The molecule has 0 N–H and O–H groups in total. The fourth-order valence-corrected chi connectivity index (χ4v) is 8.84. The number of hydrogen-bond acceptors (Lipinski definition) is 0. The van der Waals surface area contributed by atoms with Crippen molar-refractivity contribution in [2.24, 2.45) is 0 Å². The molecule has 11 rings (SSSR count). The highest BCUT2D eigenvalue weighted by Gasteiger charge is 2.18. The predicted molar refractivity (Wildman–Crippen MR) is 257 cm³/mol. The van der Waals surface area contributed by atoms with Crippen LogP contribution in [0.25, 0.3) is 54.6 Å². The van der Waals surface area contributed by atoms with E-state index in [1.165, 1.54) is 134 Å². The molecule has 9 aromatic rings. The molecule has 9 aromatic carbocycles. The topological polar surface area (TPSA) is 0 Å². The minimum atomic E-state index is 1.11. The van der Waals surface area contributed by atoms with Gasteiger partial charge in [-0.2, -0.15) is 0 Å². The van der Waals surface area contributed by atoms with Crippen LogP contribution in [0.5, 0.6) is 0 Å². The molecule has 2 aliphatic rings. The van der Waals surface area contributed by atoms with E-state index in [-0.39, 0.29) is 0 Å². The number of fused-ring (bicyclic) bond motifs is 9. The van der Waals surface area contributed by atoms with Gasteiger partial charge >= 0.3 is 0 Å². The molecule has 59 heavy (non-hydrogen) atoms. The van der Waals surface area contributed by atoms with Crippen molar-refractivity contribution in [3.8, 4) is 22.3 Å². The highest BCUT2D eigenvalue weighted by molar-refractivity contribution is 5.98. The molecule has 0 nitrogen and oxygen atoms in total. The van der Waals surface area contributed by atoms with Gasteiger partial charge in [-0.05, 0) is 164 Å². The first-order chi connectivity index (χ1) is 28.4. The lowest BCUT2D eigenvalue weighted by Gasteiger charge is -2.20. The first-order valence-electron chi connectivity index (χ1n) is 21.2. The van der Waals surface area contributed by atoms with Gasteiger partial charge in [0.15, 0.2) is 0 Å². The number of rotatable bonds is 0. The molecule has 0 fully saturated rings. The summed E-state index contributed by atoms with van der Waals surface area (Å²) in [4.78, 5) is 0. The van der Waals surface area contributed by atoms with Gasteiger partial charge in [-0.1, -0.05) is 190 Å². The summed E-state index contributed by atoms with van der Waals surface area (Å²) in [5, 5.41) is 7.97. The Bertz CT molecular complexity index is 2790. The molecule has 0 saturated heterocycles. The molecule has 0 atom stereocenters. The van der Waals surface area contributed by atoms with E-state index in [0.29, 0.717) is 0 Å². The Kier molecular flexibility index (Phi) is 11.4. The molecule has 0 aromatic heterocycles. The normalized spacial score (nSPS) is 11.9. The number of hydrogen-bond donors (Lipinski definition) is 0. The van der Waals surface area contributed by atoms with E-state index in [9.17, 15) is 0 Å². The summed E-state index contributed by atoms with van der Waals surface area (Å²) in [5.41, 5.74) is 22.5. The minimum Gasteiger partial charge on any atom is -0.0587 e. The quantitative estimate of drug-likeness (QED) is 0.135. The van der Waals surface area contributed by atoms with Crippen LogP contribution in [0.2, 0.25) is 0 Å². The van der Waals surface area contributed by atoms with Gasteiger partial charge in [0.1, 0.15) is 0 Å². The summed E-state index contributed by atoms with van der Waals surface area (Å²) in [6, 6.07) is 58.1. The first kappa shape index (κ1) is 39.6. The zero-order chi connectivity index (χ0) is 41.2. The summed E-state index contributed by atoms with van der Waals surface area (Å²) in [5.74, 6) is 0. The van der Waals surface area contributed by atoms with Crippen LogP contribution in [0.15, 0.2) is 158 Å². The highest BCUT2D eigenvalue weighted by atomic mass is 14.2. The van der Waals surface area contributed by atoms with Crippen molar-refractivity contribution >= 4 is 32.3 Å². The average molecular weight is 765 g/mol. The Hall–Kier alpha value is -6.24. The molecule has 0 heteroatoms. The summed E-state index contributed by atoms with van der Waals surface area (Å²) in [6.45, 7) is 17.2. The van der Waals surface area contributed by atoms with Gasteiger partial charge in [0.05, 0.1) is 0 Å². The molecule has 2 aliphatic carbocycles. The van der Waals surface area contributed by atoms with E-state index in [0.717, 1.165) is 6.42 Å². The maximum atomic E-state index is 2.33. The SMILES string of the molecule is Cc1ccc2c(c1)CCc1cc(C)ccc1-2.Cc1ccc2c(c1)Cc1cc(C)ccc1-2.Cc1ccc2cc(C)ccc2c1.Cc1ccc2cc3cc(C)ccc3cc2c1. The van der Waals surface area contributed by atoms with E-state index in [1.807, 2.05) is 0 Å². The molecular weight excluding hydrogens is 709 g/mol. The Morgan fingerprint density at radius 2 is 0.458 bits per heavy atom. The van der Waals surface area contributed by atoms with Crippen LogP contribution in [0, 0.1) is 55.4 Å². The van der Waals surface area contributed by atoms with Crippen molar-refractivity contribution in [2.45, 2.75) is 74.7 Å². The molecule has 0 bridgehead atoms. The van der Waals surface area contributed by atoms with Gasteiger partial charge in [-0.3, -0.25) is 0 Å². The summed E-state index contributed by atoms with van der Waals surface area (Å²) >= 11 is 0. The van der Waals surface area contributed by atoms with Crippen LogP contribution < -0.4 is 0 Å². The van der Waals surface area contributed by atoms with Gasteiger partial charge in [0, 0.05) is 0 Å². The van der Waals surface area contributed by atoms with E-state index >= 15 is 0 Å². The molecule has 0 heterocycles. The van der Waals surface area contributed by atoms with Crippen molar-refractivity contribution in [2.75, 3.05) is 0 Å². The maximum Gasteiger partial charge on any atom is -0.00133 e. The third-order valence-corrected chi connectivity index (χ3v) is 11.9. The molecule has 0 radical (unpaired) electrons. The van der Waals surface area contributed by atoms with Gasteiger partial charge in [-0.15, -0.1) is 0 Å². The van der Waals surface area contributed by atoms with Crippen LogP contribution in [0.1, 0.15) is 66.8 Å². The van der Waals surface area contributed by atoms with Crippen molar-refractivity contribution in [1.82, 2.24) is 0 Å². The van der Waals surface area contributed by atoms with Crippen LogP contribution in [0.3, 0.4) is 0 Å². The molecule has 292 valence electrons. The van der Waals surface area contributed by atoms with Crippen LogP contribution in [-0.4, -0.2) is 0 Å². The standard InChI is InChI=1S/C16H16.C16H14.C15H14.C12H12/c1-11-3-7-15-13(9-11)5-6-14-10-12(2)4-8-16(14)15;1-11-3-5-13-10-16-8-12(2)4-6-14(16)9-15(13)7-11;1-10-3-5-14-12(7-10)9-13-8-11(2)4-6-15(13)14;1-9-3-5-12-8-10(2)4-6-11(12)7-9/h3-4,7-10H,5-6H2,1-2H3;3-10H,1-2H3;3-8H,9H2,1-2H3;3-8H,1-2H3. The van der Waals surface area contributed by atoms with Gasteiger partial charge in [-0.25, -0.2) is 0 Å². The van der Waals surface area contributed by atoms with E-state index < -0.39 is 0 Å². The van der Waals surface area contributed by atoms with Crippen molar-refractivity contribution in [3.05, 3.63) is 224 Å². The van der Waals surface area contributed by atoms with E-state index in [4.69, 9.17) is 0 Å². The lowest BCUT2D eigenvalue weighted by Crippen LogP contribution is -2.04. The largest absolute Gasteiger partial charge is 0.0587 e. The smallest absolute Gasteiger partial charge is 0.00133 e. The Morgan fingerprint density at radius 3 is 0.797 bits per heavy atom. The zero-order valence-corrected chi connectivity index (χ0v) is 36.1. The summed E-state index contributed by atoms with van der Waals surface area (Å²) in [6.07, 6.45) is 3.48. The van der Waals surface area contributed by atoms with Gasteiger partial charge in [0.2, 0.25) is 0 Å². The highest BCUT2D eigenvalue weighted by Crippen LogP contribution is 2.37. The predicted octanol–water partition coefficient (Wildman–Crippen LogP) is 16.0. The summed E-state index contributed by atoms with van der Waals surface area (Å²) in [7, 11) is 0. The molecule has 0 aliphatic heterocycles. The second-order valence-electron chi connectivity index (χ2n) is 17.2. The Labute approximate surface area is 352 Å². The average Bonchev–Trinajstić information content (AvgIpc) is 3.57. The van der Waals surface area contributed by atoms with Crippen molar-refractivity contribution < 1.29 is 0 Å². The Morgan fingerprint density at radius 1 is 0.220 bits per heavy atom. The first-order valence-corrected chi connectivity index (χ1v) is 21.2. The second-order valence-corrected chi connectivity index (χ2v) is 17.2. The number of aryl methyl sites for hydroxylation is 10. The van der Waals surface area contributed by atoms with E-state index in [1.54, 1.807) is 0 Å². The van der Waals surface area contributed by atoms with Crippen molar-refractivity contribution in [3.63, 3.8) is 0 Å². The van der Waals surface area contributed by atoms with Gasteiger partial charge < -0.3 is 0 Å². The molecule has 0 unspecified atom stereocenters. The van der Waals surface area contributed by atoms with Crippen LogP contribution in [0.4, 0.5) is 0 Å². The molecule has 0 saturated carbocycles. The Balaban J connectivity index is 0.000000110. The zero-order valence-electron chi connectivity index (χ0n) is 36.1. The monoisotopic (exact) mass is 764 g/mol. The fraction of sp³-hybridized carbons (Fsp3) is 0.186.